The normalized spacial score (nSPS) is 10.6. The van der Waals surface area contributed by atoms with Gasteiger partial charge in [0.05, 0.1) is 10.7 Å². The number of carbonyl (C=O) groups is 1. The van der Waals surface area contributed by atoms with Crippen LogP contribution in [0, 0.1) is 5.82 Å². The zero-order valence-corrected chi connectivity index (χ0v) is 12.3. The summed E-state index contributed by atoms with van der Waals surface area (Å²) in [4.78, 5) is 11.7. The number of carbonyl (C=O) groups excluding carboxylic acids is 1. The molecule has 3 nitrogen and oxygen atoms in total. The molecule has 21 heavy (non-hydrogen) atoms. The van der Waals surface area contributed by atoms with E-state index in [0.29, 0.717) is 15.7 Å². The first kappa shape index (κ1) is 15.4. The summed E-state index contributed by atoms with van der Waals surface area (Å²) in [6.07, 6.45) is 3.08. The van der Waals surface area contributed by atoms with Gasteiger partial charge in [-0.25, -0.2) is 9.18 Å². The third-order valence-electron chi connectivity index (χ3n) is 2.54. The van der Waals surface area contributed by atoms with Crippen molar-refractivity contribution in [1.82, 2.24) is 5.32 Å². The quantitative estimate of drug-likeness (QED) is 0.826. The third-order valence-corrected chi connectivity index (χ3v) is 3.10. The van der Waals surface area contributed by atoms with Crippen LogP contribution in [0.4, 0.5) is 14.9 Å². The lowest BCUT2D eigenvalue weighted by Gasteiger charge is -2.07. The first-order valence-electron chi connectivity index (χ1n) is 5.99. The highest BCUT2D eigenvalue weighted by Crippen LogP contribution is 2.25. The Labute approximate surface area is 131 Å². The molecule has 2 rings (SSSR count). The lowest BCUT2D eigenvalue weighted by Crippen LogP contribution is -2.23. The molecule has 0 saturated heterocycles. The van der Waals surface area contributed by atoms with E-state index in [9.17, 15) is 9.18 Å². The lowest BCUT2D eigenvalue weighted by atomic mass is 10.2. The average molecular weight is 325 g/mol. The van der Waals surface area contributed by atoms with E-state index in [4.69, 9.17) is 23.2 Å². The molecular formula is C15H11Cl2FN2O. The molecule has 2 amide bonds. The molecular weight excluding hydrogens is 314 g/mol. The molecule has 0 heterocycles. The summed E-state index contributed by atoms with van der Waals surface area (Å²) in [7, 11) is 0. The maximum Gasteiger partial charge on any atom is 0.323 e. The second kappa shape index (κ2) is 7.11. The molecule has 6 heteroatoms. The second-order valence-electron chi connectivity index (χ2n) is 4.11. The van der Waals surface area contributed by atoms with E-state index in [1.807, 2.05) is 0 Å². The monoisotopic (exact) mass is 324 g/mol. The molecule has 0 aliphatic heterocycles. The zero-order valence-electron chi connectivity index (χ0n) is 10.7. The van der Waals surface area contributed by atoms with Gasteiger partial charge in [-0.05, 0) is 42.0 Å². The van der Waals surface area contributed by atoms with Crippen molar-refractivity contribution >= 4 is 41.0 Å². The summed E-state index contributed by atoms with van der Waals surface area (Å²) in [5, 5.41) is 5.94. The Balaban J connectivity index is 1.93. The fourth-order valence-corrected chi connectivity index (χ4v) is 1.88. The van der Waals surface area contributed by atoms with Crippen LogP contribution in [-0.4, -0.2) is 6.03 Å². The van der Waals surface area contributed by atoms with Gasteiger partial charge in [0.2, 0.25) is 0 Å². The minimum absolute atomic E-state index is 0.312. The number of halogens is 3. The maximum absolute atomic E-state index is 12.7. The Hall–Kier alpha value is -2.04. The highest BCUT2D eigenvalue weighted by molar-refractivity contribution is 6.35. The molecule has 2 N–H and O–H groups in total. The minimum Gasteiger partial charge on any atom is -0.314 e. The number of hydrogen-bond acceptors (Lipinski definition) is 1. The standard InChI is InChI=1S/C15H11Cl2FN2O/c16-11-3-6-13(17)14(9-11)20-15(21)19-8-7-10-1-4-12(18)5-2-10/h1-9H,(H2,19,20,21)/b8-7+. The molecule has 0 radical (unpaired) electrons. The maximum atomic E-state index is 12.7. The Bertz CT molecular complexity index is 672. The van der Waals surface area contributed by atoms with Crippen LogP contribution in [0.25, 0.3) is 6.08 Å². The number of hydrogen-bond donors (Lipinski definition) is 2. The minimum atomic E-state index is -0.461. The average Bonchev–Trinajstić information content (AvgIpc) is 2.45. The Morgan fingerprint density at radius 2 is 1.81 bits per heavy atom. The van der Waals surface area contributed by atoms with Gasteiger partial charge >= 0.3 is 6.03 Å². The van der Waals surface area contributed by atoms with Crippen LogP contribution in [0.5, 0.6) is 0 Å². The summed E-state index contributed by atoms with van der Waals surface area (Å²) < 4.78 is 12.7. The van der Waals surface area contributed by atoms with Crippen molar-refractivity contribution in [1.29, 1.82) is 0 Å². The molecule has 2 aromatic rings. The first-order chi connectivity index (χ1) is 10.0. The molecule has 0 fully saturated rings. The predicted octanol–water partition coefficient (Wildman–Crippen LogP) is 4.92. The van der Waals surface area contributed by atoms with Gasteiger partial charge in [0, 0.05) is 11.2 Å². The summed E-state index contributed by atoms with van der Waals surface area (Å²) in [5.74, 6) is -0.312. The smallest absolute Gasteiger partial charge is 0.314 e. The topological polar surface area (TPSA) is 41.1 Å². The van der Waals surface area contributed by atoms with Crippen LogP contribution >= 0.6 is 23.2 Å². The van der Waals surface area contributed by atoms with Gasteiger partial charge in [0.1, 0.15) is 5.82 Å². The first-order valence-corrected chi connectivity index (χ1v) is 6.75. The molecule has 0 aliphatic carbocycles. The fraction of sp³-hybridized carbons (Fsp3) is 0. The van der Waals surface area contributed by atoms with Gasteiger partial charge in [-0.3, -0.25) is 0 Å². The summed E-state index contributed by atoms with van der Waals surface area (Å²) in [6.45, 7) is 0. The molecule has 0 saturated carbocycles. The number of amides is 2. The summed E-state index contributed by atoms with van der Waals surface area (Å²) in [6, 6.07) is 10.2. The summed E-state index contributed by atoms with van der Waals surface area (Å²) >= 11 is 11.8. The molecule has 0 aromatic heterocycles. The zero-order chi connectivity index (χ0) is 15.2. The van der Waals surface area contributed by atoms with Crippen molar-refractivity contribution in [2.75, 3.05) is 5.32 Å². The van der Waals surface area contributed by atoms with Gasteiger partial charge in [-0.15, -0.1) is 0 Å². The van der Waals surface area contributed by atoms with Gasteiger partial charge in [-0.2, -0.15) is 0 Å². The SMILES string of the molecule is O=C(N/C=C/c1ccc(F)cc1)Nc1cc(Cl)ccc1Cl. The molecule has 0 aliphatic rings. The number of rotatable bonds is 3. The third kappa shape index (κ3) is 4.77. The molecule has 0 unspecified atom stereocenters. The van der Waals surface area contributed by atoms with Crippen LogP contribution in [0.1, 0.15) is 5.56 Å². The van der Waals surface area contributed by atoms with Crippen molar-refractivity contribution < 1.29 is 9.18 Å². The fourth-order valence-electron chi connectivity index (χ4n) is 1.54. The van der Waals surface area contributed by atoms with Gasteiger partial charge in [0.15, 0.2) is 0 Å². The Morgan fingerprint density at radius 1 is 1.10 bits per heavy atom. The van der Waals surface area contributed by atoms with E-state index >= 15 is 0 Å². The predicted molar refractivity (Wildman–Crippen MR) is 84.1 cm³/mol. The van der Waals surface area contributed by atoms with Crippen molar-refractivity contribution in [2.45, 2.75) is 0 Å². The molecule has 0 atom stereocenters. The van der Waals surface area contributed by atoms with Gasteiger partial charge in [-0.1, -0.05) is 35.3 Å². The number of anilines is 1. The number of urea groups is 1. The van der Waals surface area contributed by atoms with Gasteiger partial charge < -0.3 is 10.6 Å². The van der Waals surface area contributed by atoms with Crippen LogP contribution in [-0.2, 0) is 0 Å². The highest BCUT2D eigenvalue weighted by atomic mass is 35.5. The van der Waals surface area contributed by atoms with E-state index in [1.54, 1.807) is 36.4 Å². The number of nitrogens with one attached hydrogen (secondary N) is 2. The van der Waals surface area contributed by atoms with E-state index in [-0.39, 0.29) is 5.82 Å². The Kier molecular flexibility index (Phi) is 5.20. The van der Waals surface area contributed by atoms with Crippen molar-refractivity contribution in [3.8, 4) is 0 Å². The van der Waals surface area contributed by atoms with E-state index < -0.39 is 6.03 Å². The lowest BCUT2D eigenvalue weighted by molar-refractivity contribution is 0.255. The summed E-state index contributed by atoms with van der Waals surface area (Å²) in [5.41, 5.74) is 1.18. The molecule has 2 aromatic carbocycles. The molecule has 0 bridgehead atoms. The second-order valence-corrected chi connectivity index (χ2v) is 4.95. The molecule has 108 valence electrons. The van der Waals surface area contributed by atoms with Crippen LogP contribution in [0.2, 0.25) is 10.0 Å². The molecule has 0 spiro atoms. The van der Waals surface area contributed by atoms with Crippen LogP contribution in [0.15, 0.2) is 48.7 Å². The van der Waals surface area contributed by atoms with Gasteiger partial charge in [0.25, 0.3) is 0 Å². The van der Waals surface area contributed by atoms with E-state index in [2.05, 4.69) is 10.6 Å². The van der Waals surface area contributed by atoms with Crippen molar-refractivity contribution in [3.05, 3.63) is 70.1 Å². The van der Waals surface area contributed by atoms with Crippen LogP contribution in [0.3, 0.4) is 0 Å². The van der Waals surface area contributed by atoms with Crippen LogP contribution < -0.4 is 10.6 Å². The van der Waals surface area contributed by atoms with Crippen molar-refractivity contribution in [2.24, 2.45) is 0 Å². The number of benzene rings is 2. The Morgan fingerprint density at radius 3 is 2.52 bits per heavy atom. The largest absolute Gasteiger partial charge is 0.323 e. The highest BCUT2D eigenvalue weighted by Gasteiger charge is 2.04. The van der Waals surface area contributed by atoms with Crippen molar-refractivity contribution in [3.63, 3.8) is 0 Å². The van der Waals surface area contributed by atoms with E-state index in [1.165, 1.54) is 18.3 Å². The van der Waals surface area contributed by atoms with E-state index in [0.717, 1.165) is 5.56 Å².